The van der Waals surface area contributed by atoms with E-state index in [-0.39, 0.29) is 31.4 Å². The molecular formula is C13H13N7O3. The van der Waals surface area contributed by atoms with Crippen LogP contribution in [0.3, 0.4) is 0 Å². The quantitative estimate of drug-likeness (QED) is 0.747. The van der Waals surface area contributed by atoms with Crippen LogP contribution in [-0.2, 0) is 16.1 Å². The van der Waals surface area contributed by atoms with Crippen molar-refractivity contribution in [2.75, 3.05) is 13.1 Å². The van der Waals surface area contributed by atoms with Crippen LogP contribution in [0.5, 0.6) is 0 Å². The van der Waals surface area contributed by atoms with E-state index in [0.717, 1.165) is 4.90 Å². The number of carbonyl (C=O) groups excluding carboxylic acids is 3. The Labute approximate surface area is 130 Å². The first-order chi connectivity index (χ1) is 11.1. The van der Waals surface area contributed by atoms with Gasteiger partial charge in [0.2, 0.25) is 11.8 Å². The van der Waals surface area contributed by atoms with Crippen LogP contribution in [0.25, 0.3) is 0 Å². The number of aromatic nitrogens is 3. The zero-order valence-corrected chi connectivity index (χ0v) is 12.0. The standard InChI is InChI=1S/C13H13N7O3/c21-10(6-19-8-14-7-17-19)15-4-5-20-12(22)9-2-1-3-16-11(9)18-13(20)23/h1-3,7-9H,4-6H2,(H,15,21). The molecule has 1 unspecified atom stereocenters. The third-order valence-corrected chi connectivity index (χ3v) is 3.28. The molecule has 1 aromatic heterocycles. The highest BCUT2D eigenvalue weighted by molar-refractivity contribution is 6.19. The largest absolute Gasteiger partial charge is 0.353 e. The molecule has 1 N–H and O–H groups in total. The zero-order valence-electron chi connectivity index (χ0n) is 12.0. The van der Waals surface area contributed by atoms with Gasteiger partial charge < -0.3 is 5.32 Å². The van der Waals surface area contributed by atoms with Crippen molar-refractivity contribution in [1.82, 2.24) is 25.0 Å². The highest BCUT2D eigenvalue weighted by Crippen LogP contribution is 2.18. The Morgan fingerprint density at radius 2 is 2.22 bits per heavy atom. The van der Waals surface area contributed by atoms with Gasteiger partial charge in [0.05, 0.1) is 0 Å². The summed E-state index contributed by atoms with van der Waals surface area (Å²) in [5, 5.41) is 6.42. The molecule has 0 fully saturated rings. The van der Waals surface area contributed by atoms with Gasteiger partial charge in [-0.15, -0.1) is 0 Å². The van der Waals surface area contributed by atoms with Gasteiger partial charge in [0.1, 0.15) is 31.0 Å². The van der Waals surface area contributed by atoms with E-state index in [1.807, 2.05) is 0 Å². The van der Waals surface area contributed by atoms with Crippen molar-refractivity contribution in [3.05, 3.63) is 24.8 Å². The number of dihydropyridines is 1. The number of imide groups is 1. The molecule has 23 heavy (non-hydrogen) atoms. The second-order valence-corrected chi connectivity index (χ2v) is 4.83. The lowest BCUT2D eigenvalue weighted by Gasteiger charge is -2.27. The highest BCUT2D eigenvalue weighted by Gasteiger charge is 2.36. The molecule has 1 aromatic rings. The molecule has 0 aliphatic carbocycles. The van der Waals surface area contributed by atoms with Gasteiger partial charge in [-0.3, -0.25) is 14.5 Å². The predicted octanol–water partition coefficient (Wildman–Crippen LogP) is -0.988. The maximum atomic E-state index is 12.3. The number of nitrogens with one attached hydrogen (secondary N) is 1. The topological polar surface area (TPSA) is 122 Å². The van der Waals surface area contributed by atoms with Gasteiger partial charge in [-0.05, 0) is 6.08 Å². The fourth-order valence-electron chi connectivity index (χ4n) is 2.19. The number of amidine groups is 1. The van der Waals surface area contributed by atoms with Crippen LogP contribution in [0.1, 0.15) is 0 Å². The summed E-state index contributed by atoms with van der Waals surface area (Å²) < 4.78 is 1.37. The summed E-state index contributed by atoms with van der Waals surface area (Å²) in [5.41, 5.74) is 0. The number of carbonyl (C=O) groups is 3. The number of nitrogens with zero attached hydrogens (tertiary/aromatic N) is 6. The molecule has 3 heterocycles. The molecule has 2 aliphatic heterocycles. The number of rotatable bonds is 5. The van der Waals surface area contributed by atoms with Crippen LogP contribution in [0.4, 0.5) is 4.79 Å². The Hall–Kier alpha value is -3.17. The summed E-state index contributed by atoms with van der Waals surface area (Å²) in [6.45, 7) is 0.200. The van der Waals surface area contributed by atoms with E-state index >= 15 is 0 Å². The lowest BCUT2D eigenvalue weighted by Crippen LogP contribution is -2.49. The molecule has 3 rings (SSSR count). The van der Waals surface area contributed by atoms with Crippen molar-refractivity contribution in [2.24, 2.45) is 15.9 Å². The summed E-state index contributed by atoms with van der Waals surface area (Å²) >= 11 is 0. The van der Waals surface area contributed by atoms with Gasteiger partial charge in [0.15, 0.2) is 0 Å². The van der Waals surface area contributed by atoms with Crippen molar-refractivity contribution in [2.45, 2.75) is 6.54 Å². The van der Waals surface area contributed by atoms with Crippen LogP contribution < -0.4 is 5.32 Å². The number of hydrogen-bond donors (Lipinski definition) is 1. The zero-order chi connectivity index (χ0) is 16.2. The molecule has 0 bridgehead atoms. The van der Waals surface area contributed by atoms with E-state index in [1.54, 1.807) is 12.2 Å². The molecule has 2 aliphatic rings. The van der Waals surface area contributed by atoms with Crippen molar-refractivity contribution in [3.63, 3.8) is 0 Å². The molecule has 118 valence electrons. The summed E-state index contributed by atoms with van der Waals surface area (Å²) in [5.74, 6) is -1.12. The molecule has 4 amide bonds. The molecule has 10 nitrogen and oxygen atoms in total. The summed E-state index contributed by atoms with van der Waals surface area (Å²) in [7, 11) is 0. The second-order valence-electron chi connectivity index (χ2n) is 4.83. The first kappa shape index (κ1) is 14.8. The minimum Gasteiger partial charge on any atom is -0.353 e. The lowest BCUT2D eigenvalue weighted by atomic mass is 10.0. The molecule has 10 heteroatoms. The Kier molecular flexibility index (Phi) is 4.04. The fraction of sp³-hybridized carbons (Fsp3) is 0.308. The molecule has 1 atom stereocenters. The fourth-order valence-corrected chi connectivity index (χ4v) is 2.19. The minimum atomic E-state index is -0.667. The van der Waals surface area contributed by atoms with E-state index < -0.39 is 17.9 Å². The summed E-state index contributed by atoms with van der Waals surface area (Å²) in [4.78, 5) is 48.3. The van der Waals surface area contributed by atoms with Gasteiger partial charge in [0, 0.05) is 19.3 Å². The average Bonchev–Trinajstić information content (AvgIpc) is 3.03. The number of amides is 4. The van der Waals surface area contributed by atoms with Crippen LogP contribution in [0.2, 0.25) is 0 Å². The Bertz CT molecular complexity index is 720. The van der Waals surface area contributed by atoms with Gasteiger partial charge in [-0.25, -0.2) is 19.5 Å². The molecular weight excluding hydrogens is 302 g/mol. The smallest absolute Gasteiger partial charge is 0.352 e. The van der Waals surface area contributed by atoms with Crippen LogP contribution in [0, 0.1) is 5.92 Å². The maximum Gasteiger partial charge on any atom is 0.352 e. The van der Waals surface area contributed by atoms with E-state index in [0.29, 0.717) is 0 Å². The van der Waals surface area contributed by atoms with Gasteiger partial charge in [-0.2, -0.15) is 10.1 Å². The molecule has 0 aromatic carbocycles. The molecule has 0 radical (unpaired) electrons. The third kappa shape index (κ3) is 3.20. The molecule has 0 saturated heterocycles. The first-order valence-electron chi connectivity index (χ1n) is 6.89. The normalized spacial score (nSPS) is 19.6. The second kappa shape index (κ2) is 6.30. The maximum absolute atomic E-state index is 12.3. The van der Waals surface area contributed by atoms with Crippen LogP contribution in [0.15, 0.2) is 34.8 Å². The van der Waals surface area contributed by atoms with Gasteiger partial charge in [0.25, 0.3) is 0 Å². The van der Waals surface area contributed by atoms with Crippen molar-refractivity contribution < 1.29 is 14.4 Å². The average molecular weight is 315 g/mol. The number of hydrogen-bond acceptors (Lipinski definition) is 6. The number of allylic oxidation sites excluding steroid dienone is 1. The van der Waals surface area contributed by atoms with Crippen molar-refractivity contribution >= 4 is 29.9 Å². The third-order valence-electron chi connectivity index (χ3n) is 3.28. The van der Waals surface area contributed by atoms with E-state index in [9.17, 15) is 14.4 Å². The highest BCUT2D eigenvalue weighted by atomic mass is 16.2. The van der Waals surface area contributed by atoms with Crippen LogP contribution >= 0.6 is 0 Å². The number of urea groups is 1. The monoisotopic (exact) mass is 315 g/mol. The van der Waals surface area contributed by atoms with Crippen molar-refractivity contribution in [3.8, 4) is 0 Å². The Morgan fingerprint density at radius 1 is 1.35 bits per heavy atom. The first-order valence-corrected chi connectivity index (χ1v) is 6.89. The molecule has 0 spiro atoms. The van der Waals surface area contributed by atoms with Crippen LogP contribution in [-0.4, -0.2) is 62.6 Å². The number of fused-ring (bicyclic) bond motifs is 1. The summed E-state index contributed by atoms with van der Waals surface area (Å²) in [6, 6.07) is -0.667. The molecule has 0 saturated carbocycles. The summed E-state index contributed by atoms with van der Waals surface area (Å²) in [6.07, 6.45) is 7.50. The van der Waals surface area contributed by atoms with Gasteiger partial charge >= 0.3 is 6.03 Å². The Balaban J connectivity index is 1.54. The van der Waals surface area contributed by atoms with Crippen molar-refractivity contribution in [1.29, 1.82) is 0 Å². The van der Waals surface area contributed by atoms with Gasteiger partial charge in [-0.1, -0.05) is 6.08 Å². The minimum absolute atomic E-state index is 0.0181. The SMILES string of the molecule is O=C(Cn1cncn1)NCCN1C(=O)N=C2N=CC=CC2C1=O. The van der Waals surface area contributed by atoms with E-state index in [4.69, 9.17) is 0 Å². The Morgan fingerprint density at radius 3 is 3.00 bits per heavy atom. The predicted molar refractivity (Wildman–Crippen MR) is 78.7 cm³/mol. The lowest BCUT2D eigenvalue weighted by molar-refractivity contribution is -0.130. The van der Waals surface area contributed by atoms with E-state index in [1.165, 1.54) is 23.6 Å². The number of aliphatic imine (C=N–C) groups is 2. The van der Waals surface area contributed by atoms with E-state index in [2.05, 4.69) is 25.4 Å².